The summed E-state index contributed by atoms with van der Waals surface area (Å²) in [5.74, 6) is -0.134. The molecule has 1 N–H and O–H groups in total. The van der Waals surface area contributed by atoms with Crippen LogP contribution in [0.5, 0.6) is 0 Å². The standard InChI is InChI=1S/C11H8O5S/c1-6(12)7-2-3-9-8(4-7)5-10(17(14)15)11(13)16-9/h2-5H,1H3,(H,14,15). The van der Waals surface area contributed by atoms with Crippen LogP contribution in [0, 0.1) is 0 Å². The highest BCUT2D eigenvalue weighted by Gasteiger charge is 2.11. The molecular formula is C11H8O5S. The Hall–Kier alpha value is -1.79. The summed E-state index contributed by atoms with van der Waals surface area (Å²) in [5.41, 5.74) is -0.135. The lowest BCUT2D eigenvalue weighted by molar-refractivity contribution is 0.101. The molecule has 0 aliphatic heterocycles. The molecule has 5 nitrogen and oxygen atoms in total. The van der Waals surface area contributed by atoms with Crippen LogP contribution in [-0.4, -0.2) is 14.5 Å². The molecule has 2 aromatic rings. The fraction of sp³-hybridized carbons (Fsp3) is 0.0909. The van der Waals surface area contributed by atoms with Crippen LogP contribution >= 0.6 is 0 Å². The van der Waals surface area contributed by atoms with Gasteiger partial charge in [0.2, 0.25) is 0 Å². The highest BCUT2D eigenvalue weighted by atomic mass is 32.2. The van der Waals surface area contributed by atoms with Crippen molar-refractivity contribution in [3.63, 3.8) is 0 Å². The van der Waals surface area contributed by atoms with E-state index in [4.69, 9.17) is 8.97 Å². The van der Waals surface area contributed by atoms with Gasteiger partial charge in [-0.2, -0.15) is 0 Å². The number of benzene rings is 1. The third kappa shape index (κ3) is 2.17. The molecule has 1 aromatic heterocycles. The maximum atomic E-state index is 11.3. The van der Waals surface area contributed by atoms with Gasteiger partial charge in [0, 0.05) is 10.9 Å². The molecular weight excluding hydrogens is 244 g/mol. The van der Waals surface area contributed by atoms with Gasteiger partial charge in [0.15, 0.2) is 21.8 Å². The highest BCUT2D eigenvalue weighted by molar-refractivity contribution is 7.79. The van der Waals surface area contributed by atoms with Crippen LogP contribution in [0.4, 0.5) is 0 Å². The maximum Gasteiger partial charge on any atom is 0.355 e. The normalized spacial score (nSPS) is 12.6. The van der Waals surface area contributed by atoms with Gasteiger partial charge in [-0.1, -0.05) is 0 Å². The molecule has 1 unspecified atom stereocenters. The zero-order valence-electron chi connectivity index (χ0n) is 8.80. The Kier molecular flexibility index (Phi) is 2.91. The van der Waals surface area contributed by atoms with E-state index < -0.39 is 16.7 Å². The number of carbonyl (C=O) groups is 1. The predicted molar refractivity (Wildman–Crippen MR) is 61.5 cm³/mol. The fourth-order valence-electron chi connectivity index (χ4n) is 1.45. The number of hydrogen-bond acceptors (Lipinski definition) is 4. The second-order valence-electron chi connectivity index (χ2n) is 3.46. The van der Waals surface area contributed by atoms with E-state index in [0.717, 1.165) is 0 Å². The van der Waals surface area contributed by atoms with Gasteiger partial charge in [-0.05, 0) is 31.2 Å². The van der Waals surface area contributed by atoms with Crippen molar-refractivity contribution in [2.24, 2.45) is 0 Å². The molecule has 0 saturated heterocycles. The first-order chi connectivity index (χ1) is 7.99. The van der Waals surface area contributed by atoms with Crippen molar-refractivity contribution in [2.75, 3.05) is 0 Å². The molecule has 0 bridgehead atoms. The van der Waals surface area contributed by atoms with Gasteiger partial charge in [0.05, 0.1) is 0 Å². The Labute approximate surface area is 98.3 Å². The second-order valence-corrected chi connectivity index (χ2v) is 4.39. The molecule has 0 spiro atoms. The molecule has 2 rings (SSSR count). The summed E-state index contributed by atoms with van der Waals surface area (Å²) in [7, 11) is 0. The maximum absolute atomic E-state index is 11.3. The summed E-state index contributed by atoms with van der Waals surface area (Å²) < 4.78 is 24.6. The van der Waals surface area contributed by atoms with Gasteiger partial charge in [-0.3, -0.25) is 4.79 Å². The van der Waals surface area contributed by atoms with Gasteiger partial charge in [0.1, 0.15) is 5.58 Å². The van der Waals surface area contributed by atoms with Gasteiger partial charge < -0.3 is 8.97 Å². The first-order valence-electron chi connectivity index (χ1n) is 4.69. The van der Waals surface area contributed by atoms with Crippen LogP contribution < -0.4 is 5.63 Å². The Morgan fingerprint density at radius 1 is 1.35 bits per heavy atom. The van der Waals surface area contributed by atoms with Crippen molar-refractivity contribution >= 4 is 27.8 Å². The first kappa shape index (κ1) is 11.7. The van der Waals surface area contributed by atoms with E-state index in [0.29, 0.717) is 10.9 Å². The molecule has 1 aromatic carbocycles. The summed E-state index contributed by atoms with van der Waals surface area (Å²) >= 11 is -2.41. The van der Waals surface area contributed by atoms with Crippen LogP contribution in [0.3, 0.4) is 0 Å². The SMILES string of the molecule is CC(=O)c1ccc2oc(=O)c(S(=O)O)cc2c1. The van der Waals surface area contributed by atoms with E-state index in [9.17, 15) is 13.8 Å². The quantitative estimate of drug-likeness (QED) is 0.498. The minimum atomic E-state index is -2.41. The van der Waals surface area contributed by atoms with Crippen LogP contribution in [0.15, 0.2) is 38.4 Å². The van der Waals surface area contributed by atoms with Gasteiger partial charge in [-0.25, -0.2) is 9.00 Å². The monoisotopic (exact) mass is 252 g/mol. The van der Waals surface area contributed by atoms with E-state index in [1.54, 1.807) is 0 Å². The molecule has 0 fully saturated rings. The smallest absolute Gasteiger partial charge is 0.355 e. The second kappa shape index (κ2) is 4.23. The van der Waals surface area contributed by atoms with E-state index >= 15 is 0 Å². The van der Waals surface area contributed by atoms with Crippen molar-refractivity contribution in [3.05, 3.63) is 40.2 Å². The largest absolute Gasteiger partial charge is 0.422 e. The minimum Gasteiger partial charge on any atom is -0.422 e. The molecule has 88 valence electrons. The summed E-state index contributed by atoms with van der Waals surface area (Å²) in [4.78, 5) is 22.1. The van der Waals surface area contributed by atoms with Gasteiger partial charge >= 0.3 is 5.63 Å². The molecule has 0 saturated carbocycles. The number of fused-ring (bicyclic) bond motifs is 1. The van der Waals surface area contributed by atoms with E-state index in [-0.39, 0.29) is 16.3 Å². The third-order valence-corrected chi connectivity index (χ3v) is 2.96. The van der Waals surface area contributed by atoms with Crippen LogP contribution in [0.2, 0.25) is 0 Å². The molecule has 6 heteroatoms. The Balaban J connectivity index is 2.77. The minimum absolute atomic E-state index is 0.134. The third-order valence-electron chi connectivity index (χ3n) is 2.29. The van der Waals surface area contributed by atoms with Crippen molar-refractivity contribution in [3.8, 4) is 0 Å². The van der Waals surface area contributed by atoms with Crippen LogP contribution in [0.1, 0.15) is 17.3 Å². The highest BCUT2D eigenvalue weighted by Crippen LogP contribution is 2.17. The molecule has 0 radical (unpaired) electrons. The Morgan fingerprint density at radius 3 is 2.65 bits per heavy atom. The predicted octanol–water partition coefficient (Wildman–Crippen LogP) is 1.58. The molecule has 0 aliphatic rings. The summed E-state index contributed by atoms with van der Waals surface area (Å²) in [6.45, 7) is 1.41. The summed E-state index contributed by atoms with van der Waals surface area (Å²) in [6, 6.07) is 5.78. The van der Waals surface area contributed by atoms with Gasteiger partial charge in [0.25, 0.3) is 0 Å². The lowest BCUT2D eigenvalue weighted by Gasteiger charge is -2.00. The molecule has 0 aliphatic carbocycles. The first-order valence-corrected chi connectivity index (χ1v) is 5.79. The lowest BCUT2D eigenvalue weighted by Crippen LogP contribution is -2.08. The topological polar surface area (TPSA) is 84.6 Å². The molecule has 1 atom stereocenters. The van der Waals surface area contributed by atoms with Crippen LogP contribution in [0.25, 0.3) is 11.0 Å². The summed E-state index contributed by atoms with van der Waals surface area (Å²) in [5, 5.41) is 0.440. The molecule has 0 amide bonds. The lowest BCUT2D eigenvalue weighted by atomic mass is 10.1. The number of carbonyl (C=O) groups excluding carboxylic acids is 1. The number of hydrogen-bond donors (Lipinski definition) is 1. The zero-order valence-corrected chi connectivity index (χ0v) is 9.61. The van der Waals surface area contributed by atoms with Crippen molar-refractivity contribution in [1.82, 2.24) is 0 Å². The zero-order chi connectivity index (χ0) is 12.6. The van der Waals surface area contributed by atoms with E-state index in [2.05, 4.69) is 0 Å². The van der Waals surface area contributed by atoms with E-state index in [1.165, 1.54) is 31.2 Å². The van der Waals surface area contributed by atoms with Crippen molar-refractivity contribution in [1.29, 1.82) is 0 Å². The average molecular weight is 252 g/mol. The molecule has 1 heterocycles. The Morgan fingerprint density at radius 2 is 2.06 bits per heavy atom. The fourth-order valence-corrected chi connectivity index (χ4v) is 1.86. The van der Waals surface area contributed by atoms with Crippen LogP contribution in [-0.2, 0) is 11.1 Å². The number of ketones is 1. The van der Waals surface area contributed by atoms with E-state index in [1.807, 2.05) is 0 Å². The Bertz CT molecular complexity index is 686. The number of Topliss-reactive ketones (excluding diaryl/α,β-unsaturated/α-hetero) is 1. The van der Waals surface area contributed by atoms with Crippen molar-refractivity contribution in [2.45, 2.75) is 11.8 Å². The molecule has 17 heavy (non-hydrogen) atoms. The van der Waals surface area contributed by atoms with Gasteiger partial charge in [-0.15, -0.1) is 0 Å². The van der Waals surface area contributed by atoms with Crippen molar-refractivity contribution < 1.29 is 18.0 Å². The number of rotatable bonds is 2. The average Bonchev–Trinajstić information content (AvgIpc) is 2.27. The summed E-state index contributed by atoms with van der Waals surface area (Å²) in [6.07, 6.45) is 0.